The van der Waals surface area contributed by atoms with Crippen LogP contribution >= 0.6 is 0 Å². The van der Waals surface area contributed by atoms with Crippen LogP contribution in [0.1, 0.15) is 37.3 Å². The minimum Gasteiger partial charge on any atom is -0.861 e. The van der Waals surface area contributed by atoms with Crippen molar-refractivity contribution in [3.63, 3.8) is 0 Å². The number of anilines is 2. The maximum Gasteiger partial charge on any atom is 0.416 e. The minimum absolute atomic E-state index is 0.0129. The third-order valence-corrected chi connectivity index (χ3v) is 8.32. The van der Waals surface area contributed by atoms with Gasteiger partial charge in [-0.05, 0) is 73.8 Å². The van der Waals surface area contributed by atoms with Crippen LogP contribution in [0.2, 0.25) is 0 Å². The highest BCUT2D eigenvalue weighted by Crippen LogP contribution is 2.34. The second-order valence-electron chi connectivity index (χ2n) is 10.4. The van der Waals surface area contributed by atoms with Crippen molar-refractivity contribution in [2.75, 3.05) is 37.0 Å². The molecule has 0 unspecified atom stereocenters. The number of aliphatic imine (C=N–C) groups is 1. The number of carbonyl (C=O) groups is 1. The fraction of sp³-hybridized carbons (Fsp3) is 0.407. The zero-order chi connectivity index (χ0) is 30.5. The summed E-state index contributed by atoms with van der Waals surface area (Å²) in [6.07, 6.45) is 0.506. The van der Waals surface area contributed by atoms with Crippen LogP contribution in [0, 0.1) is 5.92 Å². The molecule has 1 aliphatic rings. The minimum atomic E-state index is -4.83. The first-order chi connectivity index (χ1) is 19.8. The van der Waals surface area contributed by atoms with Gasteiger partial charge in [-0.2, -0.15) is 13.2 Å². The van der Waals surface area contributed by atoms with E-state index in [0.29, 0.717) is 18.1 Å². The van der Waals surface area contributed by atoms with Crippen molar-refractivity contribution in [3.8, 4) is 0 Å². The van der Waals surface area contributed by atoms with Gasteiger partial charge in [0.1, 0.15) is 0 Å². The summed E-state index contributed by atoms with van der Waals surface area (Å²) in [5.74, 6) is -1.63. The molecule has 3 aromatic rings. The number of urea groups is 1. The van der Waals surface area contributed by atoms with Gasteiger partial charge in [-0.25, -0.2) is 13.2 Å². The van der Waals surface area contributed by atoms with Gasteiger partial charge in [-0.3, -0.25) is 14.8 Å². The van der Waals surface area contributed by atoms with E-state index in [1.54, 1.807) is 10.7 Å². The lowest BCUT2D eigenvalue weighted by atomic mass is 9.86. The molecule has 0 atom stereocenters. The molecular weight excluding hydrogens is 577 g/mol. The Morgan fingerprint density at radius 3 is 2.45 bits per heavy atom. The fourth-order valence-electron chi connectivity index (χ4n) is 4.83. The van der Waals surface area contributed by atoms with Gasteiger partial charge in [0.2, 0.25) is 5.27 Å². The van der Waals surface area contributed by atoms with Crippen LogP contribution in [-0.4, -0.2) is 56.9 Å². The number of nitrogens with one attached hydrogen (secondary N) is 2. The van der Waals surface area contributed by atoms with Crippen molar-refractivity contribution in [2.45, 2.75) is 42.8 Å². The molecule has 1 aliphatic carbocycles. The number of amides is 2. The van der Waals surface area contributed by atoms with Gasteiger partial charge in [-0.15, -0.1) is 0 Å². The number of carbonyl (C=O) groups excluding carboxylic acids is 1. The Kier molecular flexibility index (Phi) is 9.51. The third kappa shape index (κ3) is 8.52. The molecule has 1 fully saturated rings. The second kappa shape index (κ2) is 12.9. The number of aromatic nitrogens is 2. The smallest absolute Gasteiger partial charge is 0.416 e. The quantitative estimate of drug-likeness (QED) is 0.214. The summed E-state index contributed by atoms with van der Waals surface area (Å²) in [4.78, 5) is 18.2. The maximum absolute atomic E-state index is 13.5. The molecule has 2 amide bonds. The lowest BCUT2D eigenvalue weighted by molar-refractivity contribution is -0.787. The molecule has 11 nitrogen and oxygen atoms in total. The van der Waals surface area contributed by atoms with E-state index in [4.69, 9.17) is 4.52 Å². The van der Waals surface area contributed by atoms with E-state index in [-0.39, 0.29) is 22.5 Å². The number of hydrogen-bond acceptors (Lipinski definition) is 8. The molecule has 4 rings (SSSR count). The van der Waals surface area contributed by atoms with Crippen LogP contribution < -0.4 is 20.4 Å². The van der Waals surface area contributed by atoms with Crippen LogP contribution in [0.15, 0.2) is 69.1 Å². The standard InChI is InChI=1S/C27H31F3N6O5S/c1-35(2)15-18-8-10-22(11-9-18)36-16-25(41-34-36)33-26(38)32-21-13-19(27(28,29)30)12-20(14-21)31-24(37)17-42(39,40)23-6-4-3-5-7-23/h3-7,12-14,16,18,22H,8-11,15,17H2,1-2H3,(H2-,31,32,33,34,37,38). The van der Waals surface area contributed by atoms with E-state index in [2.05, 4.69) is 25.8 Å². The van der Waals surface area contributed by atoms with Crippen LogP contribution in [0.4, 0.5) is 35.2 Å². The Bertz CT molecular complexity index is 1520. The fourth-order valence-corrected chi connectivity index (χ4v) is 5.96. The molecule has 2 aromatic carbocycles. The highest BCUT2D eigenvalue weighted by molar-refractivity contribution is 7.92. The zero-order valence-electron chi connectivity index (χ0n) is 23.0. The van der Waals surface area contributed by atoms with E-state index in [0.717, 1.165) is 38.3 Å². The lowest BCUT2D eigenvalue weighted by Crippen LogP contribution is -2.43. The van der Waals surface area contributed by atoms with E-state index >= 15 is 0 Å². The average molecular weight is 609 g/mol. The summed E-state index contributed by atoms with van der Waals surface area (Å²) < 4.78 is 72.4. The SMILES string of the molecule is CN(C)CC1CCC([n+]2cc(NC(=O)Nc3cc(N=C([O-])CS(=O)(=O)c4ccccc4)cc(C(F)(F)F)c3)on2)CC1. The largest absolute Gasteiger partial charge is 0.861 e. The molecule has 226 valence electrons. The molecule has 1 heterocycles. The van der Waals surface area contributed by atoms with Crippen molar-refractivity contribution in [1.82, 2.24) is 10.2 Å². The predicted octanol–water partition coefficient (Wildman–Crippen LogP) is 3.78. The van der Waals surface area contributed by atoms with Gasteiger partial charge in [0.05, 0.1) is 21.9 Å². The highest BCUT2D eigenvalue weighted by atomic mass is 32.2. The molecule has 0 bridgehead atoms. The summed E-state index contributed by atoms with van der Waals surface area (Å²) in [7, 11) is 0.0135. The van der Waals surface area contributed by atoms with Crippen molar-refractivity contribution in [1.29, 1.82) is 0 Å². The van der Waals surface area contributed by atoms with Gasteiger partial charge in [0.25, 0.3) is 6.20 Å². The van der Waals surface area contributed by atoms with Crippen molar-refractivity contribution in [3.05, 3.63) is 60.3 Å². The summed E-state index contributed by atoms with van der Waals surface area (Å²) >= 11 is 0. The molecule has 2 N–H and O–H groups in total. The Hall–Kier alpha value is -3.98. The molecule has 15 heteroatoms. The van der Waals surface area contributed by atoms with Crippen LogP contribution in [0.25, 0.3) is 0 Å². The van der Waals surface area contributed by atoms with Crippen LogP contribution in [0.5, 0.6) is 0 Å². The topological polar surface area (TPSA) is 144 Å². The molecule has 0 spiro atoms. The molecule has 1 saturated carbocycles. The van der Waals surface area contributed by atoms with Gasteiger partial charge in [0.15, 0.2) is 15.9 Å². The number of sulfone groups is 1. The van der Waals surface area contributed by atoms with Crippen molar-refractivity contribution < 1.29 is 40.7 Å². The number of alkyl halides is 3. The first-order valence-corrected chi connectivity index (χ1v) is 14.8. The number of benzene rings is 2. The first-order valence-electron chi connectivity index (χ1n) is 13.1. The maximum atomic E-state index is 13.5. The average Bonchev–Trinajstić information content (AvgIpc) is 3.36. The molecule has 42 heavy (non-hydrogen) atoms. The van der Waals surface area contributed by atoms with Gasteiger partial charge in [0, 0.05) is 25.1 Å². The molecule has 0 radical (unpaired) electrons. The summed E-state index contributed by atoms with van der Waals surface area (Å²) in [6, 6.07) is 8.57. The monoisotopic (exact) mass is 608 g/mol. The number of halogens is 3. The van der Waals surface area contributed by atoms with Gasteiger partial charge >= 0.3 is 18.1 Å². The summed E-state index contributed by atoms with van der Waals surface area (Å²) in [6.45, 7) is 1.01. The summed E-state index contributed by atoms with van der Waals surface area (Å²) in [5.41, 5.74) is -2.00. The lowest BCUT2D eigenvalue weighted by Gasteiger charge is -2.26. The van der Waals surface area contributed by atoms with E-state index in [9.17, 15) is 31.5 Å². The normalized spacial score (nSPS) is 18.2. The Labute approximate surface area is 240 Å². The van der Waals surface area contributed by atoms with Crippen LogP contribution in [0.3, 0.4) is 0 Å². The van der Waals surface area contributed by atoms with Gasteiger partial charge in [-0.1, -0.05) is 18.2 Å². The van der Waals surface area contributed by atoms with Crippen LogP contribution in [-0.2, 0) is 16.0 Å². The van der Waals surface area contributed by atoms with E-state index < -0.39 is 44.9 Å². The molecule has 1 aromatic heterocycles. The third-order valence-electron chi connectivity index (χ3n) is 6.71. The molecular formula is C27H31F3N6O5S. The van der Waals surface area contributed by atoms with E-state index in [1.807, 2.05) is 14.1 Å². The Balaban J connectivity index is 1.43. The zero-order valence-corrected chi connectivity index (χ0v) is 23.8. The molecule has 0 saturated heterocycles. The summed E-state index contributed by atoms with van der Waals surface area (Å²) in [5, 5.41) is 21.0. The number of nitrogens with zero attached hydrogens (tertiary/aromatic N) is 4. The Morgan fingerprint density at radius 2 is 1.81 bits per heavy atom. The van der Waals surface area contributed by atoms with Crippen molar-refractivity contribution >= 4 is 39.0 Å². The van der Waals surface area contributed by atoms with Crippen molar-refractivity contribution in [2.24, 2.45) is 10.9 Å². The molecule has 0 aliphatic heterocycles. The number of hydrogen-bond donors (Lipinski definition) is 2. The van der Waals surface area contributed by atoms with E-state index in [1.165, 1.54) is 30.5 Å². The first kappa shape index (κ1) is 31.0. The second-order valence-corrected chi connectivity index (χ2v) is 12.4. The predicted molar refractivity (Wildman–Crippen MR) is 146 cm³/mol. The highest BCUT2D eigenvalue weighted by Gasteiger charge is 2.32. The number of rotatable bonds is 9. The van der Waals surface area contributed by atoms with Gasteiger partial charge < -0.3 is 15.3 Å². The Morgan fingerprint density at radius 1 is 1.12 bits per heavy atom.